The highest BCUT2D eigenvalue weighted by Gasteiger charge is 2.14. The van der Waals surface area contributed by atoms with E-state index in [1.54, 1.807) is 0 Å². The third-order valence-electron chi connectivity index (χ3n) is 3.58. The quantitative estimate of drug-likeness (QED) is 0.855. The van der Waals surface area contributed by atoms with E-state index in [0.717, 1.165) is 10.0 Å². The number of nitrogens with zero attached hydrogens (tertiary/aromatic N) is 1. The molecule has 0 fully saturated rings. The average Bonchev–Trinajstić information content (AvgIpc) is 2.50. The molecule has 0 aromatic heterocycles. The van der Waals surface area contributed by atoms with Crippen LogP contribution in [0.25, 0.3) is 0 Å². The van der Waals surface area contributed by atoms with Gasteiger partial charge in [-0.3, -0.25) is 4.79 Å². The number of hydrogen-bond donors (Lipinski definition) is 1. The number of carbonyl (C=O) groups is 1. The predicted octanol–water partition coefficient (Wildman–Crippen LogP) is 3.41. The summed E-state index contributed by atoms with van der Waals surface area (Å²) >= 11 is 3.40. The molecule has 0 saturated heterocycles. The van der Waals surface area contributed by atoms with E-state index >= 15 is 0 Å². The molecule has 1 amide bonds. The Morgan fingerprint density at radius 2 is 1.73 bits per heavy atom. The highest BCUT2D eigenvalue weighted by atomic mass is 79.9. The second-order valence-electron chi connectivity index (χ2n) is 5.50. The highest BCUT2D eigenvalue weighted by molar-refractivity contribution is 9.10. The third kappa shape index (κ3) is 4.97. The highest BCUT2D eigenvalue weighted by Crippen LogP contribution is 2.17. The molecule has 4 heteroatoms. The third-order valence-corrected chi connectivity index (χ3v) is 4.11. The number of rotatable bonds is 6. The van der Waals surface area contributed by atoms with Crippen molar-refractivity contribution in [2.45, 2.75) is 12.5 Å². The Kier molecular flexibility index (Phi) is 6.16. The lowest BCUT2D eigenvalue weighted by molar-refractivity contribution is -0.120. The van der Waals surface area contributed by atoms with Gasteiger partial charge >= 0.3 is 0 Å². The molecule has 2 aromatic carbocycles. The maximum absolute atomic E-state index is 12.1. The average molecular weight is 361 g/mol. The molecule has 22 heavy (non-hydrogen) atoms. The lowest BCUT2D eigenvalue weighted by Gasteiger charge is -2.25. The second kappa shape index (κ2) is 8.11. The van der Waals surface area contributed by atoms with Gasteiger partial charge < -0.3 is 10.2 Å². The van der Waals surface area contributed by atoms with E-state index in [-0.39, 0.29) is 11.9 Å². The van der Waals surface area contributed by atoms with Gasteiger partial charge in [-0.05, 0) is 37.4 Å². The summed E-state index contributed by atoms with van der Waals surface area (Å²) in [6.45, 7) is 0.604. The molecule has 116 valence electrons. The van der Waals surface area contributed by atoms with Gasteiger partial charge in [-0.25, -0.2) is 0 Å². The summed E-state index contributed by atoms with van der Waals surface area (Å²) in [6.07, 6.45) is 0.405. The molecule has 0 aliphatic carbocycles. The molecular weight excluding hydrogens is 340 g/mol. The van der Waals surface area contributed by atoms with Crippen LogP contribution >= 0.6 is 15.9 Å². The van der Waals surface area contributed by atoms with Gasteiger partial charge in [0.1, 0.15) is 0 Å². The zero-order valence-corrected chi connectivity index (χ0v) is 14.5. The van der Waals surface area contributed by atoms with Crippen LogP contribution in [0.2, 0.25) is 0 Å². The molecule has 0 saturated carbocycles. The van der Waals surface area contributed by atoms with Gasteiger partial charge in [0.25, 0.3) is 0 Å². The van der Waals surface area contributed by atoms with Crippen molar-refractivity contribution in [1.82, 2.24) is 10.2 Å². The Morgan fingerprint density at radius 3 is 2.32 bits per heavy atom. The maximum atomic E-state index is 12.1. The molecule has 0 unspecified atom stereocenters. The molecule has 0 spiro atoms. The molecule has 0 aliphatic rings. The molecule has 3 nitrogen and oxygen atoms in total. The van der Waals surface area contributed by atoms with Gasteiger partial charge in [0.05, 0.1) is 12.5 Å². The molecule has 1 atom stereocenters. The monoisotopic (exact) mass is 360 g/mol. The Labute approximate surface area is 140 Å². The number of amides is 1. The van der Waals surface area contributed by atoms with Gasteiger partial charge in [0, 0.05) is 11.0 Å². The molecule has 0 bridgehead atoms. The zero-order chi connectivity index (χ0) is 15.9. The fourth-order valence-corrected chi connectivity index (χ4v) is 2.60. The van der Waals surface area contributed by atoms with E-state index in [2.05, 4.69) is 38.3 Å². The van der Waals surface area contributed by atoms with Crippen LogP contribution in [0.5, 0.6) is 0 Å². The van der Waals surface area contributed by atoms with Gasteiger partial charge in [-0.2, -0.15) is 0 Å². The van der Waals surface area contributed by atoms with Crippen LogP contribution in [-0.2, 0) is 11.2 Å². The van der Waals surface area contributed by atoms with Crippen molar-refractivity contribution in [3.63, 3.8) is 0 Å². The first-order valence-corrected chi connectivity index (χ1v) is 8.08. The van der Waals surface area contributed by atoms with E-state index in [4.69, 9.17) is 0 Å². The van der Waals surface area contributed by atoms with Crippen LogP contribution < -0.4 is 5.32 Å². The number of likely N-dealkylation sites (N-methyl/N-ethyl adjacent to an activating group) is 1. The van der Waals surface area contributed by atoms with Crippen LogP contribution in [0.1, 0.15) is 17.2 Å². The largest absolute Gasteiger partial charge is 0.354 e. The smallest absolute Gasteiger partial charge is 0.224 e. The van der Waals surface area contributed by atoms with E-state index < -0.39 is 0 Å². The van der Waals surface area contributed by atoms with Crippen molar-refractivity contribution >= 4 is 21.8 Å². The van der Waals surface area contributed by atoms with Crippen LogP contribution in [0.4, 0.5) is 0 Å². The molecule has 0 heterocycles. The SMILES string of the molecule is CN(C)[C@@H](CNC(=O)Cc1ccc(Br)cc1)c1ccccc1. The topological polar surface area (TPSA) is 32.3 Å². The summed E-state index contributed by atoms with van der Waals surface area (Å²) in [5, 5.41) is 3.03. The second-order valence-corrected chi connectivity index (χ2v) is 6.41. The van der Waals surface area contributed by atoms with Crippen LogP contribution in [-0.4, -0.2) is 31.4 Å². The summed E-state index contributed by atoms with van der Waals surface area (Å²) in [7, 11) is 4.05. The Bertz CT molecular complexity index is 596. The van der Waals surface area contributed by atoms with Crippen LogP contribution in [0.3, 0.4) is 0 Å². The number of carbonyl (C=O) groups excluding carboxylic acids is 1. The molecular formula is C18H21BrN2O. The summed E-state index contributed by atoms with van der Waals surface area (Å²) in [4.78, 5) is 14.2. The van der Waals surface area contributed by atoms with Crippen LogP contribution in [0.15, 0.2) is 59.1 Å². The number of nitrogens with one attached hydrogen (secondary N) is 1. The van der Waals surface area contributed by atoms with E-state index in [9.17, 15) is 4.79 Å². The minimum atomic E-state index is 0.0464. The normalized spacial score (nSPS) is 12.2. The fraction of sp³-hybridized carbons (Fsp3) is 0.278. The standard InChI is InChI=1S/C18H21BrN2O/c1-21(2)17(15-6-4-3-5-7-15)13-20-18(22)12-14-8-10-16(19)11-9-14/h3-11,17H,12-13H2,1-2H3,(H,20,22)/t17-/m0/s1. The van der Waals surface area contributed by atoms with E-state index in [1.807, 2.05) is 56.6 Å². The summed E-state index contributed by atoms with van der Waals surface area (Å²) < 4.78 is 1.02. The van der Waals surface area contributed by atoms with E-state index in [0.29, 0.717) is 13.0 Å². The fourth-order valence-electron chi connectivity index (χ4n) is 2.33. The summed E-state index contributed by atoms with van der Waals surface area (Å²) in [5.74, 6) is 0.0464. The first-order chi connectivity index (χ1) is 10.6. The number of halogens is 1. The predicted molar refractivity (Wildman–Crippen MR) is 93.7 cm³/mol. The van der Waals surface area contributed by atoms with E-state index in [1.165, 1.54) is 5.56 Å². The van der Waals surface area contributed by atoms with Crippen molar-refractivity contribution in [3.05, 3.63) is 70.2 Å². The van der Waals surface area contributed by atoms with Gasteiger partial charge in [-0.1, -0.05) is 58.4 Å². The molecule has 2 aromatic rings. The summed E-state index contributed by atoms with van der Waals surface area (Å²) in [6, 6.07) is 18.2. The minimum Gasteiger partial charge on any atom is -0.354 e. The summed E-state index contributed by atoms with van der Waals surface area (Å²) in [5.41, 5.74) is 2.22. The van der Waals surface area contributed by atoms with Gasteiger partial charge in [0.15, 0.2) is 0 Å². The first-order valence-electron chi connectivity index (χ1n) is 7.29. The molecule has 2 rings (SSSR count). The van der Waals surface area contributed by atoms with Gasteiger partial charge in [-0.15, -0.1) is 0 Å². The maximum Gasteiger partial charge on any atom is 0.224 e. The van der Waals surface area contributed by atoms with Crippen molar-refractivity contribution in [2.24, 2.45) is 0 Å². The van der Waals surface area contributed by atoms with Crippen molar-refractivity contribution in [1.29, 1.82) is 0 Å². The Morgan fingerprint density at radius 1 is 1.09 bits per heavy atom. The van der Waals surface area contributed by atoms with Crippen molar-refractivity contribution < 1.29 is 4.79 Å². The first kappa shape index (κ1) is 16.7. The van der Waals surface area contributed by atoms with Crippen molar-refractivity contribution in [2.75, 3.05) is 20.6 Å². The van der Waals surface area contributed by atoms with Crippen molar-refractivity contribution in [3.8, 4) is 0 Å². The zero-order valence-electron chi connectivity index (χ0n) is 12.9. The Hall–Kier alpha value is -1.65. The van der Waals surface area contributed by atoms with Crippen LogP contribution in [0, 0.1) is 0 Å². The Balaban J connectivity index is 1.92. The molecule has 1 N–H and O–H groups in total. The number of hydrogen-bond acceptors (Lipinski definition) is 2. The molecule has 0 aliphatic heterocycles. The number of benzene rings is 2. The minimum absolute atomic E-state index is 0.0464. The lowest BCUT2D eigenvalue weighted by atomic mass is 10.1. The lowest BCUT2D eigenvalue weighted by Crippen LogP contribution is -2.35. The molecule has 0 radical (unpaired) electrons. The van der Waals surface area contributed by atoms with Gasteiger partial charge in [0.2, 0.25) is 5.91 Å².